The molecule has 1 N–H and O–H groups in total. The number of nitrogens with zero attached hydrogens (tertiary/aromatic N) is 1. The molecule has 0 radical (unpaired) electrons. The number of anilines is 1. The average molecular weight is 362 g/mol. The van der Waals surface area contributed by atoms with E-state index in [1.54, 1.807) is 4.90 Å². The number of hydrogen-bond donors (Lipinski definition) is 1. The van der Waals surface area contributed by atoms with Crippen molar-refractivity contribution in [2.75, 3.05) is 18.0 Å². The highest BCUT2D eigenvalue weighted by molar-refractivity contribution is 7.89. The first kappa shape index (κ1) is 17.6. The van der Waals surface area contributed by atoms with Crippen LogP contribution in [0.25, 0.3) is 0 Å². The van der Waals surface area contributed by atoms with E-state index in [-0.39, 0.29) is 23.3 Å². The normalized spacial score (nSPS) is 17.9. The van der Waals surface area contributed by atoms with E-state index in [9.17, 15) is 17.6 Å². The van der Waals surface area contributed by atoms with Crippen molar-refractivity contribution in [3.05, 3.63) is 59.9 Å². The highest BCUT2D eigenvalue weighted by Gasteiger charge is 2.31. The van der Waals surface area contributed by atoms with Crippen LogP contribution in [-0.4, -0.2) is 27.4 Å². The van der Waals surface area contributed by atoms with Gasteiger partial charge >= 0.3 is 0 Å². The smallest absolute Gasteiger partial charge is 0.240 e. The van der Waals surface area contributed by atoms with Gasteiger partial charge in [0.25, 0.3) is 0 Å². The summed E-state index contributed by atoms with van der Waals surface area (Å²) in [5, 5.41) is 0. The molecule has 7 heteroatoms. The maximum atomic E-state index is 12.9. The van der Waals surface area contributed by atoms with Crippen LogP contribution in [0.5, 0.6) is 0 Å². The Morgan fingerprint density at radius 1 is 1.12 bits per heavy atom. The van der Waals surface area contributed by atoms with E-state index >= 15 is 0 Å². The summed E-state index contributed by atoms with van der Waals surface area (Å²) in [6.07, 6.45) is 0.291. The molecular weight excluding hydrogens is 343 g/mol. The van der Waals surface area contributed by atoms with Gasteiger partial charge in [-0.3, -0.25) is 4.79 Å². The Morgan fingerprint density at radius 2 is 1.76 bits per heavy atom. The van der Waals surface area contributed by atoms with Crippen LogP contribution < -0.4 is 9.62 Å². The van der Waals surface area contributed by atoms with E-state index in [1.807, 2.05) is 31.2 Å². The maximum Gasteiger partial charge on any atom is 0.240 e. The number of rotatable bonds is 5. The fraction of sp³-hybridized carbons (Fsp3) is 0.278. The van der Waals surface area contributed by atoms with Gasteiger partial charge in [0, 0.05) is 25.2 Å². The summed E-state index contributed by atoms with van der Waals surface area (Å²) in [6.45, 7) is 2.60. The summed E-state index contributed by atoms with van der Waals surface area (Å²) in [6, 6.07) is 12.3. The van der Waals surface area contributed by atoms with E-state index in [0.717, 1.165) is 23.4 Å². The van der Waals surface area contributed by atoms with Gasteiger partial charge in [-0.2, -0.15) is 0 Å². The molecule has 0 spiro atoms. The summed E-state index contributed by atoms with van der Waals surface area (Å²) in [5.74, 6) is -0.618. The molecule has 0 bridgehead atoms. The zero-order chi connectivity index (χ0) is 18.0. The number of carbonyl (C=O) groups is 1. The van der Waals surface area contributed by atoms with Crippen molar-refractivity contribution in [1.82, 2.24) is 4.72 Å². The topological polar surface area (TPSA) is 66.5 Å². The predicted molar refractivity (Wildman–Crippen MR) is 93.2 cm³/mol. The molecule has 1 fully saturated rings. The summed E-state index contributed by atoms with van der Waals surface area (Å²) in [7, 11) is -3.72. The van der Waals surface area contributed by atoms with E-state index in [4.69, 9.17) is 0 Å². The van der Waals surface area contributed by atoms with Crippen LogP contribution in [-0.2, 0) is 14.8 Å². The van der Waals surface area contributed by atoms with Crippen molar-refractivity contribution in [2.45, 2.75) is 18.2 Å². The number of hydrogen-bond acceptors (Lipinski definition) is 3. The first-order valence-corrected chi connectivity index (χ1v) is 9.46. The fourth-order valence-electron chi connectivity index (χ4n) is 2.82. The maximum absolute atomic E-state index is 12.9. The van der Waals surface area contributed by atoms with Crippen LogP contribution in [0, 0.1) is 18.7 Å². The molecule has 0 aliphatic carbocycles. The molecule has 1 amide bonds. The molecule has 1 atom stereocenters. The van der Waals surface area contributed by atoms with Gasteiger partial charge in [0.05, 0.1) is 4.90 Å². The third-order valence-electron chi connectivity index (χ3n) is 4.24. The Kier molecular flexibility index (Phi) is 4.87. The monoisotopic (exact) mass is 362 g/mol. The quantitative estimate of drug-likeness (QED) is 0.889. The van der Waals surface area contributed by atoms with Gasteiger partial charge in [0.1, 0.15) is 5.82 Å². The van der Waals surface area contributed by atoms with Crippen molar-refractivity contribution in [3.63, 3.8) is 0 Å². The standard InChI is InChI=1S/C18H19FN2O3S/c1-13-2-6-16(7-3-13)21-12-14(10-18(21)22)11-20-25(23,24)17-8-4-15(19)5-9-17/h2-9,14,20H,10-12H2,1H3/t14-/m1/s1. The Morgan fingerprint density at radius 3 is 2.40 bits per heavy atom. The average Bonchev–Trinajstić information content (AvgIpc) is 2.95. The SMILES string of the molecule is Cc1ccc(N2C[C@@H](CNS(=O)(=O)c3ccc(F)cc3)CC2=O)cc1. The van der Waals surface area contributed by atoms with Crippen LogP contribution >= 0.6 is 0 Å². The molecule has 25 heavy (non-hydrogen) atoms. The van der Waals surface area contributed by atoms with Crippen LogP contribution in [0.3, 0.4) is 0 Å². The first-order chi connectivity index (χ1) is 11.8. The minimum atomic E-state index is -3.72. The molecule has 2 aromatic carbocycles. The van der Waals surface area contributed by atoms with Crippen molar-refractivity contribution in [1.29, 1.82) is 0 Å². The third kappa shape index (κ3) is 4.05. The first-order valence-electron chi connectivity index (χ1n) is 7.97. The van der Waals surface area contributed by atoms with Gasteiger partial charge in [-0.25, -0.2) is 17.5 Å². The Bertz CT molecular complexity index is 864. The van der Waals surface area contributed by atoms with Gasteiger partial charge in [0.15, 0.2) is 0 Å². The van der Waals surface area contributed by atoms with Crippen molar-refractivity contribution in [3.8, 4) is 0 Å². The summed E-state index contributed by atoms with van der Waals surface area (Å²) in [4.78, 5) is 13.9. The van der Waals surface area contributed by atoms with Crippen molar-refractivity contribution >= 4 is 21.6 Å². The third-order valence-corrected chi connectivity index (χ3v) is 5.68. The lowest BCUT2D eigenvalue weighted by molar-refractivity contribution is -0.117. The number of benzene rings is 2. The van der Waals surface area contributed by atoms with Crippen LogP contribution in [0.4, 0.5) is 10.1 Å². The molecule has 132 valence electrons. The molecule has 0 aromatic heterocycles. The number of amides is 1. The second-order valence-corrected chi connectivity index (χ2v) is 7.98. The number of carbonyl (C=O) groups excluding carboxylic acids is 1. The summed E-state index contributed by atoms with van der Waals surface area (Å²) >= 11 is 0. The van der Waals surface area contributed by atoms with Gasteiger partial charge < -0.3 is 4.90 Å². The lowest BCUT2D eigenvalue weighted by atomic mass is 10.1. The van der Waals surface area contributed by atoms with E-state index < -0.39 is 15.8 Å². The molecular formula is C18H19FN2O3S. The van der Waals surface area contributed by atoms with Gasteiger partial charge in [0.2, 0.25) is 15.9 Å². The van der Waals surface area contributed by atoms with Crippen molar-refractivity contribution < 1.29 is 17.6 Å². The van der Waals surface area contributed by atoms with E-state index in [2.05, 4.69) is 4.72 Å². The predicted octanol–water partition coefficient (Wildman–Crippen LogP) is 2.47. The largest absolute Gasteiger partial charge is 0.312 e. The number of halogens is 1. The molecule has 1 saturated heterocycles. The van der Waals surface area contributed by atoms with E-state index in [1.165, 1.54) is 12.1 Å². The summed E-state index contributed by atoms with van der Waals surface area (Å²) in [5.41, 5.74) is 1.93. The van der Waals surface area contributed by atoms with E-state index in [0.29, 0.717) is 13.0 Å². The Balaban J connectivity index is 1.63. The number of nitrogens with one attached hydrogen (secondary N) is 1. The van der Waals surface area contributed by atoms with Crippen LogP contribution in [0.2, 0.25) is 0 Å². The molecule has 1 aliphatic rings. The molecule has 3 rings (SSSR count). The zero-order valence-corrected chi connectivity index (χ0v) is 14.6. The molecule has 1 heterocycles. The van der Waals surface area contributed by atoms with Gasteiger partial charge in [-0.1, -0.05) is 17.7 Å². The Hall–Kier alpha value is -2.25. The van der Waals surface area contributed by atoms with Gasteiger partial charge in [-0.15, -0.1) is 0 Å². The number of sulfonamides is 1. The molecule has 2 aromatic rings. The number of aryl methyl sites for hydroxylation is 1. The van der Waals surface area contributed by atoms with Crippen LogP contribution in [0.1, 0.15) is 12.0 Å². The lowest BCUT2D eigenvalue weighted by Gasteiger charge is -2.17. The Labute approximate surface area is 146 Å². The molecule has 5 nitrogen and oxygen atoms in total. The van der Waals surface area contributed by atoms with Gasteiger partial charge in [-0.05, 0) is 49.2 Å². The molecule has 0 unspecified atom stereocenters. The lowest BCUT2D eigenvalue weighted by Crippen LogP contribution is -2.31. The second kappa shape index (κ2) is 6.93. The minimum absolute atomic E-state index is 0.00798. The molecule has 1 aliphatic heterocycles. The zero-order valence-electron chi connectivity index (χ0n) is 13.8. The summed E-state index contributed by atoms with van der Waals surface area (Å²) < 4.78 is 39.9. The highest BCUT2D eigenvalue weighted by Crippen LogP contribution is 2.25. The molecule has 0 saturated carbocycles. The minimum Gasteiger partial charge on any atom is -0.312 e. The van der Waals surface area contributed by atoms with Crippen molar-refractivity contribution in [2.24, 2.45) is 5.92 Å². The fourth-order valence-corrected chi connectivity index (χ4v) is 3.93. The van der Waals surface area contributed by atoms with Crippen LogP contribution in [0.15, 0.2) is 53.4 Å². The highest BCUT2D eigenvalue weighted by atomic mass is 32.2. The second-order valence-electron chi connectivity index (χ2n) is 6.22.